The van der Waals surface area contributed by atoms with Crippen molar-refractivity contribution in [1.82, 2.24) is 24.2 Å². The number of amides is 1. The number of aliphatic imine (C=N–C) groups is 1. The zero-order valence-corrected chi connectivity index (χ0v) is 22.6. The molecule has 0 aliphatic carbocycles. The van der Waals surface area contributed by atoms with Gasteiger partial charge in [-0.3, -0.25) is 19.3 Å². The summed E-state index contributed by atoms with van der Waals surface area (Å²) in [6, 6.07) is 7.92. The van der Waals surface area contributed by atoms with Gasteiger partial charge in [0.25, 0.3) is 5.91 Å². The van der Waals surface area contributed by atoms with Crippen LogP contribution in [0.4, 0.5) is 19.0 Å². The minimum atomic E-state index is -0.712. The molecule has 11 heteroatoms. The molecule has 0 saturated carbocycles. The Balaban J connectivity index is 1.57. The Morgan fingerprint density at radius 3 is 2.52 bits per heavy atom. The molecule has 0 bridgehead atoms. The second kappa shape index (κ2) is 9.65. The Hall–Kier alpha value is -4.41. The lowest BCUT2D eigenvalue weighted by Gasteiger charge is -2.33. The number of aromatic nitrogens is 4. The fourth-order valence-corrected chi connectivity index (χ4v) is 5.29. The predicted molar refractivity (Wildman–Crippen MR) is 145 cm³/mol. The Morgan fingerprint density at radius 1 is 1.05 bits per heavy atom. The monoisotopic (exact) mass is 547 g/mol. The molecular weight excluding hydrogens is 519 g/mol. The van der Waals surface area contributed by atoms with Crippen molar-refractivity contribution in [3.8, 4) is 22.5 Å². The van der Waals surface area contributed by atoms with E-state index in [0.29, 0.717) is 47.4 Å². The number of guanidine groups is 1. The summed E-state index contributed by atoms with van der Waals surface area (Å²) in [5.74, 6) is -0.550. The van der Waals surface area contributed by atoms with Crippen molar-refractivity contribution in [2.45, 2.75) is 33.4 Å². The van der Waals surface area contributed by atoms with Crippen molar-refractivity contribution in [1.29, 1.82) is 0 Å². The highest BCUT2D eigenvalue weighted by Gasteiger charge is 2.44. The van der Waals surface area contributed by atoms with Gasteiger partial charge in [0.15, 0.2) is 5.69 Å². The fraction of sp³-hybridized carbons (Fsp3) is 0.310. The lowest BCUT2D eigenvalue weighted by Crippen LogP contribution is -2.50. The highest BCUT2D eigenvalue weighted by Crippen LogP contribution is 2.38. The van der Waals surface area contributed by atoms with Gasteiger partial charge in [0.1, 0.15) is 29.1 Å². The normalized spacial score (nSPS) is 16.6. The molecule has 2 aliphatic heterocycles. The molecule has 2 aromatic carbocycles. The summed E-state index contributed by atoms with van der Waals surface area (Å²) < 4.78 is 47.0. The van der Waals surface area contributed by atoms with E-state index in [4.69, 9.17) is 9.98 Å². The predicted octanol–water partition coefficient (Wildman–Crippen LogP) is 5.09. The van der Waals surface area contributed by atoms with E-state index in [9.17, 15) is 18.0 Å². The topological polar surface area (TPSA) is 71.6 Å². The average Bonchev–Trinajstić information content (AvgIpc) is 3.64. The molecule has 40 heavy (non-hydrogen) atoms. The van der Waals surface area contributed by atoms with Crippen LogP contribution in [0.15, 0.2) is 53.8 Å². The van der Waals surface area contributed by atoms with E-state index in [-0.39, 0.29) is 35.7 Å². The third-order valence-corrected chi connectivity index (χ3v) is 7.45. The van der Waals surface area contributed by atoms with Gasteiger partial charge in [0.2, 0.25) is 5.96 Å². The quantitative estimate of drug-likeness (QED) is 0.337. The fourth-order valence-electron chi connectivity index (χ4n) is 5.29. The van der Waals surface area contributed by atoms with Crippen LogP contribution in [0.3, 0.4) is 0 Å². The average molecular weight is 548 g/mol. The number of aryl methyl sites for hydroxylation is 1. The summed E-state index contributed by atoms with van der Waals surface area (Å²) in [4.78, 5) is 26.9. The van der Waals surface area contributed by atoms with E-state index >= 15 is 0 Å². The summed E-state index contributed by atoms with van der Waals surface area (Å²) in [6.45, 7) is 6.90. The van der Waals surface area contributed by atoms with E-state index in [2.05, 4.69) is 18.9 Å². The van der Waals surface area contributed by atoms with Gasteiger partial charge in [0, 0.05) is 48.1 Å². The first kappa shape index (κ1) is 25.8. The Labute approximate surface area is 229 Å². The van der Waals surface area contributed by atoms with Crippen LogP contribution >= 0.6 is 0 Å². The van der Waals surface area contributed by atoms with Crippen LogP contribution < -0.4 is 4.90 Å². The minimum absolute atomic E-state index is 0.0289. The maximum absolute atomic E-state index is 15.0. The number of anilines is 1. The summed E-state index contributed by atoms with van der Waals surface area (Å²) in [6.07, 6.45) is 3.27. The van der Waals surface area contributed by atoms with Crippen LogP contribution in [0.1, 0.15) is 36.8 Å². The van der Waals surface area contributed by atoms with Crippen LogP contribution in [-0.2, 0) is 13.6 Å². The molecule has 0 radical (unpaired) electrons. The second-order valence-electron chi connectivity index (χ2n) is 10.4. The molecule has 6 rings (SSSR count). The Morgan fingerprint density at radius 2 is 1.85 bits per heavy atom. The van der Waals surface area contributed by atoms with Crippen LogP contribution in [-0.4, -0.2) is 55.2 Å². The Kier molecular flexibility index (Phi) is 6.24. The van der Waals surface area contributed by atoms with Crippen molar-refractivity contribution in [3.05, 3.63) is 77.5 Å². The second-order valence-corrected chi connectivity index (χ2v) is 10.4. The smallest absolute Gasteiger partial charge is 0.283 e. The first-order chi connectivity index (χ1) is 19.2. The van der Waals surface area contributed by atoms with Crippen LogP contribution in [0.5, 0.6) is 0 Å². The van der Waals surface area contributed by atoms with Crippen molar-refractivity contribution in [3.63, 3.8) is 0 Å². The number of hydrogen-bond donors (Lipinski definition) is 0. The van der Waals surface area contributed by atoms with Crippen LogP contribution in [0, 0.1) is 23.4 Å². The summed E-state index contributed by atoms with van der Waals surface area (Å²) in [5, 5.41) is 4.15. The summed E-state index contributed by atoms with van der Waals surface area (Å²) >= 11 is 0. The lowest BCUT2D eigenvalue weighted by molar-refractivity contribution is 0.0841. The van der Waals surface area contributed by atoms with E-state index < -0.39 is 17.5 Å². The molecule has 4 heterocycles. The zero-order chi connectivity index (χ0) is 28.3. The third kappa shape index (κ3) is 4.16. The van der Waals surface area contributed by atoms with Gasteiger partial charge in [-0.25, -0.2) is 23.1 Å². The van der Waals surface area contributed by atoms with E-state index in [1.807, 2.05) is 11.8 Å². The molecule has 0 saturated heterocycles. The number of carbonyl (C=O) groups excluding carboxylic acids is 1. The molecule has 0 N–H and O–H groups in total. The lowest BCUT2D eigenvalue weighted by atomic mass is 10.0. The van der Waals surface area contributed by atoms with Gasteiger partial charge in [-0.1, -0.05) is 19.9 Å². The first-order valence-electron chi connectivity index (χ1n) is 13.2. The number of nitrogens with zero attached hydrogens (tertiary/aromatic N) is 7. The van der Waals surface area contributed by atoms with Crippen molar-refractivity contribution in [2.75, 3.05) is 18.0 Å². The number of hydrogen-bond acceptors (Lipinski definition) is 5. The van der Waals surface area contributed by atoms with Gasteiger partial charge < -0.3 is 4.57 Å². The largest absolute Gasteiger partial charge is 0.305 e. The standard InChI is InChI=1S/C29H28F3N7O/c1-5-37-28(40)25-27(39-15-24(16(2)3)34-29(37)39)38(14-18-6-8-20(30)11-23(18)32)26(35-25)17-7-9-22(31)21(10-17)19-12-33-36(4)13-19/h6-13,16,24H,5,14-15H2,1-4H3/t24-/m0/s1. The van der Waals surface area contributed by atoms with E-state index in [1.165, 1.54) is 18.2 Å². The molecule has 0 fully saturated rings. The van der Waals surface area contributed by atoms with Crippen LogP contribution in [0.2, 0.25) is 0 Å². The number of halogens is 3. The van der Waals surface area contributed by atoms with Gasteiger partial charge in [-0.2, -0.15) is 5.10 Å². The Bertz CT molecular complexity index is 1670. The third-order valence-electron chi connectivity index (χ3n) is 7.45. The summed E-state index contributed by atoms with van der Waals surface area (Å²) in [7, 11) is 1.74. The van der Waals surface area contributed by atoms with Gasteiger partial charge in [-0.15, -0.1) is 0 Å². The van der Waals surface area contributed by atoms with Crippen molar-refractivity contribution in [2.24, 2.45) is 18.0 Å². The van der Waals surface area contributed by atoms with Crippen molar-refractivity contribution < 1.29 is 18.0 Å². The van der Waals surface area contributed by atoms with Crippen LogP contribution in [0.25, 0.3) is 22.5 Å². The maximum Gasteiger partial charge on any atom is 0.283 e. The first-order valence-corrected chi connectivity index (χ1v) is 13.2. The SMILES string of the molecule is CCN1C(=O)c2nc(-c3ccc(F)c(-c4cnn(C)c4)c3)n(Cc3ccc(F)cc3F)c2N2C[C@@H](C(C)C)N=C12. The maximum atomic E-state index is 15.0. The minimum Gasteiger partial charge on any atom is -0.305 e. The van der Waals surface area contributed by atoms with Gasteiger partial charge in [-0.05, 0) is 37.1 Å². The van der Waals surface area contributed by atoms with E-state index in [0.717, 1.165) is 6.07 Å². The summed E-state index contributed by atoms with van der Waals surface area (Å²) in [5.41, 5.74) is 1.86. The number of imidazole rings is 1. The highest BCUT2D eigenvalue weighted by molar-refractivity contribution is 6.18. The molecular formula is C29H28F3N7O. The molecule has 1 atom stereocenters. The number of carbonyl (C=O) groups is 1. The van der Waals surface area contributed by atoms with Gasteiger partial charge in [0.05, 0.1) is 25.3 Å². The number of rotatable bonds is 6. The van der Waals surface area contributed by atoms with Crippen molar-refractivity contribution >= 4 is 17.7 Å². The molecule has 4 aromatic rings. The molecule has 2 aromatic heterocycles. The molecule has 1 amide bonds. The molecule has 2 aliphatic rings. The number of benzene rings is 2. The molecule has 0 unspecified atom stereocenters. The zero-order valence-electron chi connectivity index (χ0n) is 22.6. The van der Waals surface area contributed by atoms with Gasteiger partial charge >= 0.3 is 0 Å². The highest BCUT2D eigenvalue weighted by atomic mass is 19.1. The number of fused-ring (bicyclic) bond motifs is 3. The molecule has 206 valence electrons. The van der Waals surface area contributed by atoms with E-state index in [1.54, 1.807) is 45.7 Å². The molecule has 0 spiro atoms. The molecule has 8 nitrogen and oxygen atoms in total.